The number of rotatable bonds is 1. The van der Waals surface area contributed by atoms with Crippen molar-refractivity contribution in [2.24, 2.45) is 0 Å². The van der Waals surface area contributed by atoms with E-state index < -0.39 is 0 Å². The van der Waals surface area contributed by atoms with Crippen molar-refractivity contribution in [1.29, 1.82) is 0 Å². The lowest BCUT2D eigenvalue weighted by molar-refractivity contribution is 0.543. The molecule has 0 saturated heterocycles. The maximum atomic E-state index is 6.14. The van der Waals surface area contributed by atoms with Gasteiger partial charge in [-0.2, -0.15) is 0 Å². The van der Waals surface area contributed by atoms with E-state index in [1.54, 1.807) is 0 Å². The summed E-state index contributed by atoms with van der Waals surface area (Å²) >= 11 is 5.96. The molecule has 2 nitrogen and oxygen atoms in total. The highest BCUT2D eigenvalue weighted by atomic mass is 35.5. The molecule has 0 aliphatic carbocycles. The Hall–Kier alpha value is -1.22. The molecule has 0 radical (unpaired) electrons. The normalized spacial score (nSPS) is 17.2. The van der Waals surface area contributed by atoms with Crippen LogP contribution in [-0.2, 0) is 6.42 Å². The molecular weight excluding hydrogens is 291 g/mol. The number of hydrogen-bond donors (Lipinski definition) is 2. The quantitative estimate of drug-likeness (QED) is 0.774. The molecule has 0 saturated carbocycles. The summed E-state index contributed by atoms with van der Waals surface area (Å²) in [7, 11) is 0. The van der Waals surface area contributed by atoms with Crippen molar-refractivity contribution in [1.82, 2.24) is 5.32 Å². The Morgan fingerprint density at radius 1 is 1.15 bits per heavy atom. The molecule has 0 aromatic heterocycles. The third-order valence-corrected chi connectivity index (χ3v) is 4.06. The van der Waals surface area contributed by atoms with Crippen LogP contribution < -0.4 is 11.1 Å². The van der Waals surface area contributed by atoms with Crippen LogP contribution in [0.2, 0.25) is 5.02 Å². The second-order valence-electron chi connectivity index (χ2n) is 5.03. The molecule has 0 spiro atoms. The zero-order valence-corrected chi connectivity index (χ0v) is 12.9. The lowest BCUT2D eigenvalue weighted by atomic mass is 9.87. The van der Waals surface area contributed by atoms with E-state index in [9.17, 15) is 0 Å². The molecule has 0 fully saturated rings. The van der Waals surface area contributed by atoms with Crippen LogP contribution in [0.4, 0.5) is 5.69 Å². The standard InChI is InChI=1S/C16H17ClN2.ClH/c1-10-16-14(8-9-19-10)13(6-7-15(16)18)11-2-4-12(17)5-3-11;/h2-7,10,19H,8-9,18H2,1H3;1H. The zero-order valence-electron chi connectivity index (χ0n) is 11.3. The Morgan fingerprint density at radius 2 is 1.85 bits per heavy atom. The second kappa shape index (κ2) is 6.04. The Balaban J connectivity index is 0.00000147. The Bertz CT molecular complexity index is 609. The third kappa shape index (κ3) is 2.64. The van der Waals surface area contributed by atoms with E-state index in [0.717, 1.165) is 23.7 Å². The first kappa shape index (κ1) is 15.2. The summed E-state index contributed by atoms with van der Waals surface area (Å²) in [6, 6.07) is 12.5. The number of nitrogen functional groups attached to an aromatic ring is 1. The highest BCUT2D eigenvalue weighted by Gasteiger charge is 2.21. The summed E-state index contributed by atoms with van der Waals surface area (Å²) in [6.07, 6.45) is 1.02. The minimum atomic E-state index is 0. The molecule has 2 aromatic carbocycles. The number of nitrogens with one attached hydrogen (secondary N) is 1. The van der Waals surface area contributed by atoms with Crippen LogP contribution in [0.3, 0.4) is 0 Å². The first-order valence-electron chi connectivity index (χ1n) is 6.57. The van der Waals surface area contributed by atoms with Gasteiger partial charge in [-0.3, -0.25) is 0 Å². The van der Waals surface area contributed by atoms with E-state index in [2.05, 4.69) is 30.4 Å². The molecule has 20 heavy (non-hydrogen) atoms. The van der Waals surface area contributed by atoms with Gasteiger partial charge < -0.3 is 11.1 Å². The first-order chi connectivity index (χ1) is 9.16. The molecule has 1 heterocycles. The predicted octanol–water partition coefficient (Wildman–Crippen LogP) is 4.22. The molecule has 1 aliphatic rings. The van der Waals surface area contributed by atoms with Gasteiger partial charge in [-0.25, -0.2) is 0 Å². The molecule has 1 unspecified atom stereocenters. The number of hydrogen-bond acceptors (Lipinski definition) is 2. The predicted molar refractivity (Wildman–Crippen MR) is 88.7 cm³/mol. The highest BCUT2D eigenvalue weighted by molar-refractivity contribution is 6.30. The average Bonchev–Trinajstić information content (AvgIpc) is 2.41. The number of halogens is 2. The molecule has 1 atom stereocenters. The summed E-state index contributed by atoms with van der Waals surface area (Å²) in [5.41, 5.74) is 12.1. The number of anilines is 1. The van der Waals surface area contributed by atoms with Crippen LogP contribution in [-0.4, -0.2) is 6.54 Å². The highest BCUT2D eigenvalue weighted by Crippen LogP contribution is 2.36. The largest absolute Gasteiger partial charge is 0.398 e. The van der Waals surface area contributed by atoms with E-state index in [1.807, 2.05) is 18.2 Å². The first-order valence-corrected chi connectivity index (χ1v) is 6.95. The summed E-state index contributed by atoms with van der Waals surface area (Å²) in [6.45, 7) is 3.16. The smallest absolute Gasteiger partial charge is 0.0406 e. The fraction of sp³-hybridized carbons (Fsp3) is 0.250. The minimum Gasteiger partial charge on any atom is -0.398 e. The maximum Gasteiger partial charge on any atom is 0.0406 e. The summed E-state index contributed by atoms with van der Waals surface area (Å²) in [5.74, 6) is 0. The van der Waals surface area contributed by atoms with E-state index in [0.29, 0.717) is 6.04 Å². The topological polar surface area (TPSA) is 38.0 Å². The van der Waals surface area contributed by atoms with Crippen LogP contribution in [0.5, 0.6) is 0 Å². The minimum absolute atomic E-state index is 0. The van der Waals surface area contributed by atoms with Crippen molar-refractivity contribution < 1.29 is 0 Å². The van der Waals surface area contributed by atoms with Gasteiger partial charge in [0.25, 0.3) is 0 Å². The average molecular weight is 309 g/mol. The van der Waals surface area contributed by atoms with Crippen molar-refractivity contribution in [3.8, 4) is 11.1 Å². The molecule has 106 valence electrons. The van der Waals surface area contributed by atoms with Crippen molar-refractivity contribution in [3.63, 3.8) is 0 Å². The van der Waals surface area contributed by atoms with Crippen LogP contribution in [0.1, 0.15) is 24.1 Å². The number of benzene rings is 2. The maximum absolute atomic E-state index is 6.14. The van der Waals surface area contributed by atoms with Gasteiger partial charge in [-0.05, 0) is 60.3 Å². The van der Waals surface area contributed by atoms with Crippen molar-refractivity contribution in [3.05, 3.63) is 52.5 Å². The third-order valence-electron chi connectivity index (χ3n) is 3.80. The molecule has 3 rings (SSSR count). The Labute approximate surface area is 130 Å². The Kier molecular flexibility index (Phi) is 4.59. The fourth-order valence-electron chi connectivity index (χ4n) is 2.88. The molecule has 0 bridgehead atoms. The van der Waals surface area contributed by atoms with Gasteiger partial charge in [0, 0.05) is 16.8 Å². The van der Waals surface area contributed by atoms with E-state index in [1.165, 1.54) is 22.3 Å². The van der Waals surface area contributed by atoms with Gasteiger partial charge in [0.1, 0.15) is 0 Å². The summed E-state index contributed by atoms with van der Waals surface area (Å²) in [4.78, 5) is 0. The van der Waals surface area contributed by atoms with Gasteiger partial charge >= 0.3 is 0 Å². The van der Waals surface area contributed by atoms with Crippen LogP contribution in [0.15, 0.2) is 36.4 Å². The van der Waals surface area contributed by atoms with Crippen LogP contribution in [0, 0.1) is 0 Å². The van der Waals surface area contributed by atoms with Gasteiger partial charge in [-0.15, -0.1) is 12.4 Å². The molecule has 4 heteroatoms. The monoisotopic (exact) mass is 308 g/mol. The molecule has 2 aromatic rings. The number of nitrogens with two attached hydrogens (primary N) is 1. The zero-order chi connectivity index (χ0) is 13.4. The van der Waals surface area contributed by atoms with Crippen LogP contribution >= 0.6 is 24.0 Å². The van der Waals surface area contributed by atoms with E-state index >= 15 is 0 Å². The fourth-order valence-corrected chi connectivity index (χ4v) is 3.01. The van der Waals surface area contributed by atoms with E-state index in [-0.39, 0.29) is 12.4 Å². The summed E-state index contributed by atoms with van der Waals surface area (Å²) < 4.78 is 0. The molecular formula is C16H18Cl2N2. The molecule has 1 aliphatic heterocycles. The van der Waals surface area contributed by atoms with Gasteiger partial charge in [0.05, 0.1) is 0 Å². The van der Waals surface area contributed by atoms with Crippen molar-refractivity contribution >= 4 is 29.7 Å². The second-order valence-corrected chi connectivity index (χ2v) is 5.46. The lowest BCUT2D eigenvalue weighted by Gasteiger charge is -2.27. The SMILES string of the molecule is CC1NCCc2c(-c3ccc(Cl)cc3)ccc(N)c21.Cl. The van der Waals surface area contributed by atoms with Gasteiger partial charge in [0.15, 0.2) is 0 Å². The van der Waals surface area contributed by atoms with Gasteiger partial charge in [-0.1, -0.05) is 29.8 Å². The van der Waals surface area contributed by atoms with Gasteiger partial charge in [0.2, 0.25) is 0 Å². The lowest BCUT2D eigenvalue weighted by Crippen LogP contribution is -2.29. The summed E-state index contributed by atoms with van der Waals surface area (Å²) in [5, 5.41) is 4.23. The Morgan fingerprint density at radius 3 is 2.55 bits per heavy atom. The van der Waals surface area contributed by atoms with Crippen molar-refractivity contribution in [2.75, 3.05) is 12.3 Å². The van der Waals surface area contributed by atoms with E-state index in [4.69, 9.17) is 17.3 Å². The molecule has 0 amide bonds. The number of fused-ring (bicyclic) bond motifs is 1. The molecule has 3 N–H and O–H groups in total. The van der Waals surface area contributed by atoms with Crippen molar-refractivity contribution in [2.45, 2.75) is 19.4 Å². The van der Waals surface area contributed by atoms with Crippen LogP contribution in [0.25, 0.3) is 11.1 Å².